The fourth-order valence-corrected chi connectivity index (χ4v) is 13.2. The molecule has 0 aromatic heterocycles. The second-order valence-corrected chi connectivity index (χ2v) is 18.8. The van der Waals surface area contributed by atoms with Crippen molar-refractivity contribution in [2.24, 2.45) is 5.92 Å². The molecule has 3 aromatic carbocycles. The number of rotatable bonds is 7. The minimum atomic E-state index is -2.27. The van der Waals surface area contributed by atoms with E-state index in [0.29, 0.717) is 13.1 Å². The summed E-state index contributed by atoms with van der Waals surface area (Å²) >= 11 is 0. The van der Waals surface area contributed by atoms with Gasteiger partial charge < -0.3 is 29.7 Å². The summed E-state index contributed by atoms with van der Waals surface area (Å²) in [6.45, 7) is 8.79. The first-order chi connectivity index (χ1) is 22.6. The molecule has 0 radical (unpaired) electrons. The molecule has 0 unspecified atom stereocenters. The lowest BCUT2D eigenvalue weighted by molar-refractivity contribution is -0.145. The monoisotopic (exact) mass is 654 g/mol. The Hall–Kier alpha value is -3.70. The van der Waals surface area contributed by atoms with E-state index >= 15 is 0 Å². The maximum atomic E-state index is 14.5. The molecule has 3 aromatic rings. The van der Waals surface area contributed by atoms with E-state index in [4.69, 9.17) is 9.47 Å². The van der Waals surface area contributed by atoms with E-state index in [2.05, 4.69) is 54.5 Å². The molecule has 9 nitrogen and oxygen atoms in total. The first-order valence-electron chi connectivity index (χ1n) is 16.8. The Morgan fingerprint density at radius 2 is 1.68 bits per heavy atom. The number of hydrogen-bond donors (Lipinski definition) is 2. The third-order valence-corrected chi connectivity index (χ3v) is 16.0. The number of nitrogens with zero attached hydrogens (tertiary/aromatic N) is 3. The SMILES string of the molecule is COc1ccc([Si](C)(C)[C@H]2[C@H](CCO)O[C@@]3(C(=O)N(C)c4ccc(N5CN(c6ccccc6)C6(CCNCC6)C5=O)cc43)[C@@H]2C)cc1. The van der Waals surface area contributed by atoms with Crippen molar-refractivity contribution in [2.45, 2.75) is 62.1 Å². The number of nitrogens with one attached hydrogen (secondary N) is 1. The number of piperidine rings is 1. The quantitative estimate of drug-likeness (QED) is 0.369. The third kappa shape index (κ3) is 4.67. The van der Waals surface area contributed by atoms with Gasteiger partial charge in [0, 0.05) is 36.5 Å². The Bertz CT molecular complexity index is 1660. The molecule has 4 aliphatic heterocycles. The molecule has 4 heterocycles. The average Bonchev–Trinajstić information content (AvgIpc) is 3.63. The van der Waals surface area contributed by atoms with Crippen molar-refractivity contribution in [3.63, 3.8) is 0 Å². The Labute approximate surface area is 278 Å². The van der Waals surface area contributed by atoms with E-state index in [1.54, 1.807) is 12.0 Å². The number of methoxy groups -OCH3 is 1. The van der Waals surface area contributed by atoms with Crippen molar-refractivity contribution in [2.75, 3.05) is 55.2 Å². The number of carbonyl (C=O) groups is 2. The topological polar surface area (TPSA) is 94.6 Å². The second kappa shape index (κ2) is 11.8. The zero-order chi connectivity index (χ0) is 33.1. The molecule has 2 spiro atoms. The average molecular weight is 655 g/mol. The van der Waals surface area contributed by atoms with Crippen molar-refractivity contribution in [1.29, 1.82) is 0 Å². The van der Waals surface area contributed by atoms with Gasteiger partial charge in [-0.15, -0.1) is 0 Å². The van der Waals surface area contributed by atoms with Gasteiger partial charge in [-0.1, -0.05) is 55.5 Å². The molecule has 2 amide bonds. The lowest BCUT2D eigenvalue weighted by Gasteiger charge is -2.39. The number of hydrogen-bond acceptors (Lipinski definition) is 7. The van der Waals surface area contributed by atoms with Crippen molar-refractivity contribution in [3.05, 3.63) is 78.4 Å². The summed E-state index contributed by atoms with van der Waals surface area (Å²) in [4.78, 5) is 34.8. The summed E-state index contributed by atoms with van der Waals surface area (Å²) in [6, 6.07) is 24.5. The summed E-state index contributed by atoms with van der Waals surface area (Å²) in [5.74, 6) is 0.648. The molecular formula is C37H46N4O5Si. The predicted molar refractivity (Wildman–Crippen MR) is 187 cm³/mol. The number of para-hydroxylation sites is 1. The highest BCUT2D eigenvalue weighted by atomic mass is 28.3. The van der Waals surface area contributed by atoms with Crippen LogP contribution in [0.15, 0.2) is 72.8 Å². The number of amides is 2. The van der Waals surface area contributed by atoms with Gasteiger partial charge in [-0.25, -0.2) is 0 Å². The third-order valence-electron chi connectivity index (χ3n) is 11.6. The lowest BCUT2D eigenvalue weighted by Crippen LogP contribution is -2.55. The highest BCUT2D eigenvalue weighted by Gasteiger charge is 2.66. The number of anilines is 3. The summed E-state index contributed by atoms with van der Waals surface area (Å²) in [7, 11) is 1.21. The minimum absolute atomic E-state index is 0.0253. The molecule has 3 saturated heterocycles. The van der Waals surface area contributed by atoms with Crippen molar-refractivity contribution in [1.82, 2.24) is 5.32 Å². The molecule has 4 atom stereocenters. The Morgan fingerprint density at radius 3 is 2.34 bits per heavy atom. The van der Waals surface area contributed by atoms with Crippen LogP contribution in [0.1, 0.15) is 31.7 Å². The van der Waals surface area contributed by atoms with Crippen LogP contribution in [-0.2, 0) is 19.9 Å². The van der Waals surface area contributed by atoms with Gasteiger partial charge in [0.2, 0.25) is 0 Å². The van der Waals surface area contributed by atoms with Crippen LogP contribution in [-0.4, -0.2) is 77.2 Å². The van der Waals surface area contributed by atoms with E-state index < -0.39 is 19.2 Å². The van der Waals surface area contributed by atoms with Gasteiger partial charge in [0.15, 0.2) is 5.60 Å². The summed E-state index contributed by atoms with van der Waals surface area (Å²) < 4.78 is 12.5. The van der Waals surface area contributed by atoms with Crippen molar-refractivity contribution < 1.29 is 24.2 Å². The normalized spacial score (nSPS) is 26.9. The molecule has 47 heavy (non-hydrogen) atoms. The van der Waals surface area contributed by atoms with Crippen LogP contribution in [0.5, 0.6) is 5.75 Å². The van der Waals surface area contributed by atoms with Gasteiger partial charge in [-0.3, -0.25) is 14.5 Å². The molecular weight excluding hydrogens is 609 g/mol. The van der Waals surface area contributed by atoms with Crippen LogP contribution in [0.2, 0.25) is 18.6 Å². The zero-order valence-electron chi connectivity index (χ0n) is 28.0. The van der Waals surface area contributed by atoms with Crippen LogP contribution < -0.4 is 29.9 Å². The molecule has 0 aliphatic carbocycles. The Kier molecular flexibility index (Phi) is 7.98. The predicted octanol–water partition coefficient (Wildman–Crippen LogP) is 4.20. The molecule has 3 fully saturated rings. The van der Waals surface area contributed by atoms with Gasteiger partial charge in [0.25, 0.3) is 11.8 Å². The Balaban J connectivity index is 1.30. The van der Waals surface area contributed by atoms with E-state index in [1.807, 2.05) is 60.5 Å². The largest absolute Gasteiger partial charge is 0.497 e. The van der Waals surface area contributed by atoms with Crippen LogP contribution in [0.4, 0.5) is 17.1 Å². The van der Waals surface area contributed by atoms with Gasteiger partial charge in [0.1, 0.15) is 11.3 Å². The summed E-state index contributed by atoms with van der Waals surface area (Å²) in [5, 5.41) is 14.9. The highest BCUT2D eigenvalue weighted by molar-refractivity contribution is 6.91. The van der Waals surface area contributed by atoms with Crippen LogP contribution >= 0.6 is 0 Å². The molecule has 0 bridgehead atoms. The van der Waals surface area contributed by atoms with Crippen LogP contribution in [0.25, 0.3) is 0 Å². The van der Waals surface area contributed by atoms with Gasteiger partial charge >= 0.3 is 0 Å². The summed E-state index contributed by atoms with van der Waals surface area (Å²) in [5.41, 5.74) is 1.64. The van der Waals surface area contributed by atoms with E-state index in [-0.39, 0.29) is 36.0 Å². The minimum Gasteiger partial charge on any atom is -0.497 e. The standard InChI is InChI=1S/C37H46N4O5Si/c1-25-33(47(4,5)29-14-12-28(45-3)13-15-29)32(17-22-42)46-37(25)30-23-27(11-16-31(30)39(2)35(37)44)40-24-41(26-9-7-6-8-10-26)36(34(40)43)18-20-38-21-19-36/h6-16,23,25,32-33,38,42H,17-22,24H2,1-5H3/t25-,32+,33-,37+/m1/s1. The van der Waals surface area contributed by atoms with Crippen molar-refractivity contribution in [3.8, 4) is 5.75 Å². The van der Waals surface area contributed by atoms with E-state index in [0.717, 1.165) is 54.3 Å². The number of fused-ring (bicyclic) bond motifs is 2. The van der Waals surface area contributed by atoms with E-state index in [9.17, 15) is 14.7 Å². The molecule has 0 saturated carbocycles. The first kappa shape index (κ1) is 31.9. The molecule has 10 heteroatoms. The van der Waals surface area contributed by atoms with Crippen LogP contribution in [0.3, 0.4) is 0 Å². The number of aliphatic hydroxyl groups excluding tert-OH is 1. The fraction of sp³-hybridized carbons (Fsp3) is 0.459. The van der Waals surface area contributed by atoms with Gasteiger partial charge in [0.05, 0.1) is 33.6 Å². The first-order valence-corrected chi connectivity index (χ1v) is 19.9. The number of aliphatic hydroxyl groups is 1. The van der Waals surface area contributed by atoms with E-state index in [1.165, 1.54) is 5.19 Å². The van der Waals surface area contributed by atoms with Gasteiger partial charge in [-0.05, 0) is 80.4 Å². The lowest BCUT2D eigenvalue weighted by atomic mass is 9.82. The molecule has 2 N–H and O–H groups in total. The van der Waals surface area contributed by atoms with Crippen molar-refractivity contribution >= 4 is 42.1 Å². The maximum absolute atomic E-state index is 14.5. The smallest absolute Gasteiger partial charge is 0.264 e. The van der Waals surface area contributed by atoms with Crippen LogP contribution in [0, 0.1) is 5.92 Å². The number of ether oxygens (including phenoxy) is 2. The highest BCUT2D eigenvalue weighted by Crippen LogP contribution is 2.60. The fourth-order valence-electron chi connectivity index (χ4n) is 9.14. The Morgan fingerprint density at radius 1 is 0.979 bits per heavy atom. The number of likely N-dealkylation sites (N-methyl/N-ethyl adjacent to an activating group) is 1. The molecule has 7 rings (SSSR count). The summed E-state index contributed by atoms with van der Waals surface area (Å²) in [6.07, 6.45) is 1.60. The zero-order valence-corrected chi connectivity index (χ0v) is 29.0. The second-order valence-electron chi connectivity index (χ2n) is 14.2. The molecule has 248 valence electrons. The van der Waals surface area contributed by atoms with Gasteiger partial charge in [-0.2, -0.15) is 0 Å². The molecule has 4 aliphatic rings. The number of benzene rings is 3. The maximum Gasteiger partial charge on any atom is 0.264 e. The number of carbonyl (C=O) groups excluding carboxylic acids is 2.